The summed E-state index contributed by atoms with van der Waals surface area (Å²) in [6.45, 7) is 2.24. The van der Waals surface area contributed by atoms with Crippen LogP contribution in [0.2, 0.25) is 0 Å². The van der Waals surface area contributed by atoms with Crippen LogP contribution in [0.25, 0.3) is 11.1 Å². The summed E-state index contributed by atoms with van der Waals surface area (Å²) in [4.78, 5) is 0. The molecule has 0 atom stereocenters. The fourth-order valence-electron chi connectivity index (χ4n) is 2.62. The van der Waals surface area contributed by atoms with Gasteiger partial charge in [-0.1, -0.05) is 61.6 Å². The van der Waals surface area contributed by atoms with Gasteiger partial charge in [-0.05, 0) is 6.42 Å². The number of hydrogen-bond donors (Lipinski definition) is 0. The van der Waals surface area contributed by atoms with Gasteiger partial charge < -0.3 is 0 Å². The molecule has 0 nitrogen and oxygen atoms in total. The third kappa shape index (κ3) is 2.52. The molecule has 0 N–H and O–H groups in total. The Balaban J connectivity index is 0.00000120. The van der Waals surface area contributed by atoms with E-state index in [0.717, 1.165) is 6.42 Å². The molecular formula is C17H17Zr-. The van der Waals surface area contributed by atoms with Crippen molar-refractivity contribution >= 4 is 0 Å². The Labute approximate surface area is 129 Å². The van der Waals surface area contributed by atoms with E-state index in [2.05, 4.69) is 49.4 Å². The minimum absolute atomic E-state index is 0. The molecule has 18 heavy (non-hydrogen) atoms. The molecule has 0 radical (unpaired) electrons. The molecule has 1 aliphatic carbocycles. The van der Waals surface area contributed by atoms with E-state index in [1.807, 2.05) is 0 Å². The van der Waals surface area contributed by atoms with Crippen LogP contribution < -0.4 is 0 Å². The summed E-state index contributed by atoms with van der Waals surface area (Å²) < 4.78 is 0. The second kappa shape index (κ2) is 5.98. The van der Waals surface area contributed by atoms with Gasteiger partial charge in [0, 0.05) is 26.2 Å². The van der Waals surface area contributed by atoms with Gasteiger partial charge in [-0.25, -0.2) is 0 Å². The first-order valence-corrected chi connectivity index (χ1v) is 6.51. The largest absolute Gasteiger partial charge is 0.176 e. The maximum Gasteiger partial charge on any atom is 0 e. The van der Waals surface area contributed by atoms with Crippen molar-refractivity contribution in [3.05, 3.63) is 59.2 Å². The molecule has 1 heteroatoms. The summed E-state index contributed by atoms with van der Waals surface area (Å²) in [5.41, 5.74) is 7.01. The van der Waals surface area contributed by atoms with Crippen LogP contribution in [0.15, 0.2) is 36.4 Å². The van der Waals surface area contributed by atoms with Crippen molar-refractivity contribution in [3.63, 3.8) is 0 Å². The van der Waals surface area contributed by atoms with Gasteiger partial charge in [-0.2, -0.15) is 23.8 Å². The number of fused-ring (bicyclic) bond motifs is 3. The summed E-state index contributed by atoms with van der Waals surface area (Å²) in [5, 5.41) is 0. The summed E-state index contributed by atoms with van der Waals surface area (Å²) >= 11 is 0. The third-order valence-electron chi connectivity index (χ3n) is 3.56. The Bertz CT molecular complexity index is 543. The topological polar surface area (TPSA) is 0 Å². The smallest absolute Gasteiger partial charge is 0 e. The molecule has 90 valence electrons. The molecule has 0 unspecified atom stereocenters. The van der Waals surface area contributed by atoms with Gasteiger partial charge in [0.1, 0.15) is 0 Å². The zero-order valence-electron chi connectivity index (χ0n) is 10.8. The number of rotatable bonds is 3. The van der Waals surface area contributed by atoms with Crippen molar-refractivity contribution in [2.45, 2.75) is 32.6 Å². The van der Waals surface area contributed by atoms with Crippen molar-refractivity contribution in [3.8, 4) is 11.1 Å². The first kappa shape index (κ1) is 13.7. The van der Waals surface area contributed by atoms with Crippen LogP contribution in [0.5, 0.6) is 0 Å². The normalized spacial score (nSPS) is 11.6. The van der Waals surface area contributed by atoms with E-state index in [1.165, 1.54) is 47.1 Å². The summed E-state index contributed by atoms with van der Waals surface area (Å²) in [6, 6.07) is 16.8. The predicted octanol–water partition coefficient (Wildman–Crippen LogP) is 4.40. The minimum atomic E-state index is 0. The maximum atomic E-state index is 3.61. The summed E-state index contributed by atoms with van der Waals surface area (Å²) in [6.07, 6.45) is 4.75. The van der Waals surface area contributed by atoms with Gasteiger partial charge in [-0.15, -0.1) is 11.1 Å². The average molecular weight is 313 g/mol. The summed E-state index contributed by atoms with van der Waals surface area (Å²) in [7, 11) is 0. The average Bonchev–Trinajstić information content (AvgIpc) is 2.74. The van der Waals surface area contributed by atoms with Crippen molar-refractivity contribution in [1.29, 1.82) is 0 Å². The van der Waals surface area contributed by atoms with E-state index in [1.54, 1.807) is 0 Å². The monoisotopic (exact) mass is 311 g/mol. The molecular weight excluding hydrogens is 295 g/mol. The van der Waals surface area contributed by atoms with E-state index >= 15 is 0 Å². The van der Waals surface area contributed by atoms with E-state index in [9.17, 15) is 0 Å². The van der Waals surface area contributed by atoms with Crippen LogP contribution in [0.3, 0.4) is 0 Å². The molecule has 0 spiro atoms. The van der Waals surface area contributed by atoms with Gasteiger partial charge in [-0.3, -0.25) is 0 Å². The number of hydrogen-bond acceptors (Lipinski definition) is 0. The Morgan fingerprint density at radius 3 is 2.72 bits per heavy atom. The quantitative estimate of drug-likeness (QED) is 0.629. The van der Waals surface area contributed by atoms with E-state index in [4.69, 9.17) is 0 Å². The van der Waals surface area contributed by atoms with E-state index in [0.29, 0.717) is 0 Å². The van der Waals surface area contributed by atoms with Crippen LogP contribution in [-0.4, -0.2) is 0 Å². The second-order valence-corrected chi connectivity index (χ2v) is 4.81. The number of unbranched alkanes of at least 4 members (excludes halogenated alkanes) is 1. The Morgan fingerprint density at radius 2 is 1.89 bits per heavy atom. The van der Waals surface area contributed by atoms with Crippen molar-refractivity contribution in [2.75, 3.05) is 0 Å². The molecule has 3 rings (SSSR count). The molecule has 2 aromatic carbocycles. The number of aryl methyl sites for hydroxylation is 1. The van der Waals surface area contributed by atoms with Gasteiger partial charge >= 0.3 is 0 Å². The fraction of sp³-hybridized carbons (Fsp3) is 0.294. The molecule has 0 aromatic heterocycles. The van der Waals surface area contributed by atoms with Gasteiger partial charge in [0.2, 0.25) is 0 Å². The molecule has 0 saturated carbocycles. The van der Waals surface area contributed by atoms with Crippen LogP contribution in [0.1, 0.15) is 36.5 Å². The van der Waals surface area contributed by atoms with Crippen LogP contribution in [0, 0.1) is 6.07 Å². The Morgan fingerprint density at radius 1 is 1.06 bits per heavy atom. The third-order valence-corrected chi connectivity index (χ3v) is 3.56. The standard InChI is InChI=1S/C17H17.Zr/c1-2-3-6-13-9-10-17-15(11-13)12-14-7-4-5-8-16(14)17;/h4-5,7-10H,2-3,6,12H2,1H3;/q-1;. The van der Waals surface area contributed by atoms with Crippen molar-refractivity contribution in [1.82, 2.24) is 0 Å². The van der Waals surface area contributed by atoms with Gasteiger partial charge in [0.25, 0.3) is 0 Å². The molecule has 0 amide bonds. The fourth-order valence-corrected chi connectivity index (χ4v) is 2.62. The SMILES string of the molecule is CCCCc1[c-]c2c(cc1)-c1ccccc1C2.[Zr]. The molecule has 0 saturated heterocycles. The first-order valence-electron chi connectivity index (χ1n) is 6.51. The number of benzene rings is 2. The molecule has 1 aliphatic rings. The molecule has 0 fully saturated rings. The van der Waals surface area contributed by atoms with E-state index in [-0.39, 0.29) is 26.2 Å². The minimum Gasteiger partial charge on any atom is -0.176 e. The maximum absolute atomic E-state index is 3.61. The zero-order chi connectivity index (χ0) is 11.7. The van der Waals surface area contributed by atoms with E-state index < -0.39 is 0 Å². The second-order valence-electron chi connectivity index (χ2n) is 4.81. The summed E-state index contributed by atoms with van der Waals surface area (Å²) in [5.74, 6) is 0. The molecule has 0 bridgehead atoms. The van der Waals surface area contributed by atoms with Crippen molar-refractivity contribution in [2.24, 2.45) is 0 Å². The zero-order valence-corrected chi connectivity index (χ0v) is 13.3. The van der Waals surface area contributed by atoms with Gasteiger partial charge in [0.05, 0.1) is 0 Å². The van der Waals surface area contributed by atoms with Crippen LogP contribution >= 0.6 is 0 Å². The Hall–Kier alpha value is -0.677. The molecule has 2 aromatic rings. The van der Waals surface area contributed by atoms with Gasteiger partial charge in [0.15, 0.2) is 0 Å². The predicted molar refractivity (Wildman–Crippen MR) is 72.1 cm³/mol. The molecule has 0 heterocycles. The van der Waals surface area contributed by atoms with Crippen LogP contribution in [0.4, 0.5) is 0 Å². The van der Waals surface area contributed by atoms with Crippen molar-refractivity contribution < 1.29 is 26.2 Å². The Kier molecular flexibility index (Phi) is 4.56. The van der Waals surface area contributed by atoms with Crippen LogP contribution in [-0.2, 0) is 39.0 Å². The molecule has 0 aliphatic heterocycles. The first-order chi connectivity index (χ1) is 8.38.